The number of hydrogen-bond acceptors (Lipinski definition) is 5. The van der Waals surface area contributed by atoms with Gasteiger partial charge in [-0.25, -0.2) is 9.59 Å². The van der Waals surface area contributed by atoms with Crippen LogP contribution < -0.4 is 10.1 Å². The van der Waals surface area contributed by atoms with Gasteiger partial charge in [0.15, 0.2) is 6.61 Å². The Morgan fingerprint density at radius 3 is 2.52 bits per heavy atom. The lowest BCUT2D eigenvalue weighted by Gasteiger charge is -2.11. The van der Waals surface area contributed by atoms with E-state index in [0.717, 1.165) is 0 Å². The molecule has 2 aromatic rings. The van der Waals surface area contributed by atoms with Crippen LogP contribution in [0.4, 0.5) is 5.69 Å². The first-order valence-corrected chi connectivity index (χ1v) is 7.43. The van der Waals surface area contributed by atoms with E-state index in [2.05, 4.69) is 10.1 Å². The molecule has 0 aliphatic rings. The van der Waals surface area contributed by atoms with Gasteiger partial charge < -0.3 is 19.9 Å². The Morgan fingerprint density at radius 1 is 1.16 bits per heavy atom. The van der Waals surface area contributed by atoms with Crippen LogP contribution >= 0.6 is 11.6 Å². The van der Waals surface area contributed by atoms with Crippen LogP contribution in [0, 0.1) is 0 Å². The minimum absolute atomic E-state index is 0.00815. The molecule has 0 bridgehead atoms. The summed E-state index contributed by atoms with van der Waals surface area (Å²) in [6.45, 7) is -0.373. The van der Waals surface area contributed by atoms with Crippen LogP contribution in [-0.2, 0) is 9.53 Å². The van der Waals surface area contributed by atoms with Crippen LogP contribution in [0.3, 0.4) is 0 Å². The molecule has 0 heterocycles. The third-order valence-corrected chi connectivity index (χ3v) is 3.44. The number of aromatic carboxylic acids is 1. The quantitative estimate of drug-likeness (QED) is 0.765. The normalized spacial score (nSPS) is 10.0. The second-order valence-corrected chi connectivity index (χ2v) is 5.23. The molecule has 0 aliphatic carbocycles. The topological polar surface area (TPSA) is 102 Å². The molecule has 130 valence electrons. The summed E-state index contributed by atoms with van der Waals surface area (Å²) in [4.78, 5) is 34.5. The summed E-state index contributed by atoms with van der Waals surface area (Å²) in [7, 11) is 1.24. The van der Waals surface area contributed by atoms with Gasteiger partial charge in [-0.15, -0.1) is 0 Å². The number of carboxylic acid groups (broad SMARTS) is 1. The second kappa shape index (κ2) is 8.16. The summed E-state index contributed by atoms with van der Waals surface area (Å²) in [6, 6.07) is 10.3. The molecule has 0 radical (unpaired) electrons. The zero-order chi connectivity index (χ0) is 18.4. The molecule has 0 atom stereocenters. The third-order valence-electron chi connectivity index (χ3n) is 3.14. The maximum atomic E-state index is 12.0. The molecule has 2 rings (SSSR count). The molecule has 0 saturated heterocycles. The van der Waals surface area contributed by atoms with Gasteiger partial charge in [-0.2, -0.15) is 0 Å². The lowest BCUT2D eigenvalue weighted by molar-refractivity contribution is -0.118. The van der Waals surface area contributed by atoms with Gasteiger partial charge in [-0.1, -0.05) is 23.7 Å². The van der Waals surface area contributed by atoms with Crippen molar-refractivity contribution in [3.05, 3.63) is 58.6 Å². The van der Waals surface area contributed by atoms with Gasteiger partial charge in [-0.05, 0) is 30.3 Å². The van der Waals surface area contributed by atoms with Gasteiger partial charge in [0.05, 0.1) is 28.9 Å². The fraction of sp³-hybridized carbons (Fsp3) is 0.118. The molecular formula is C17H14ClNO6. The van der Waals surface area contributed by atoms with Gasteiger partial charge in [0.25, 0.3) is 5.91 Å². The van der Waals surface area contributed by atoms with Crippen molar-refractivity contribution >= 4 is 35.1 Å². The lowest BCUT2D eigenvalue weighted by Crippen LogP contribution is -2.21. The van der Waals surface area contributed by atoms with Crippen molar-refractivity contribution in [2.45, 2.75) is 0 Å². The summed E-state index contributed by atoms with van der Waals surface area (Å²) < 4.78 is 9.93. The van der Waals surface area contributed by atoms with Crippen LogP contribution in [0.25, 0.3) is 0 Å². The molecule has 7 nitrogen and oxygen atoms in total. The van der Waals surface area contributed by atoms with Crippen molar-refractivity contribution in [1.82, 2.24) is 0 Å². The summed E-state index contributed by atoms with van der Waals surface area (Å²) in [5.74, 6) is -2.05. The average Bonchev–Trinajstić information content (AvgIpc) is 2.60. The Balaban J connectivity index is 2.02. The van der Waals surface area contributed by atoms with Crippen LogP contribution in [0.15, 0.2) is 42.5 Å². The molecule has 25 heavy (non-hydrogen) atoms. The Bertz CT molecular complexity index is 821. The number of esters is 1. The van der Waals surface area contributed by atoms with Crippen LogP contribution in [-0.4, -0.2) is 36.7 Å². The largest absolute Gasteiger partial charge is 0.482 e. The number of carbonyl (C=O) groups excluding carboxylic acids is 2. The third kappa shape index (κ3) is 4.71. The standard InChI is InChI=1S/C17H14ClNO6/c1-24-17(23)11-4-2-3-5-13(11)19-15(20)9-25-14-7-6-10(16(21)22)8-12(14)18/h2-8H,9H2,1H3,(H,19,20)(H,21,22). The number of anilines is 1. The van der Waals surface area contributed by atoms with E-state index in [9.17, 15) is 14.4 Å². The number of carboxylic acids is 1. The highest BCUT2D eigenvalue weighted by Gasteiger charge is 2.14. The predicted octanol–water partition coefficient (Wildman–Crippen LogP) is 2.84. The van der Waals surface area contributed by atoms with E-state index in [1.807, 2.05) is 0 Å². The highest BCUT2D eigenvalue weighted by atomic mass is 35.5. The molecule has 0 aliphatic heterocycles. The average molecular weight is 364 g/mol. The molecule has 8 heteroatoms. The predicted molar refractivity (Wildman–Crippen MR) is 90.3 cm³/mol. The SMILES string of the molecule is COC(=O)c1ccccc1NC(=O)COc1ccc(C(=O)O)cc1Cl. The minimum atomic E-state index is -1.12. The Labute approximate surface area is 148 Å². The molecule has 0 fully saturated rings. The number of halogens is 1. The molecule has 2 aromatic carbocycles. The van der Waals surface area contributed by atoms with Crippen molar-refractivity contribution in [3.63, 3.8) is 0 Å². The molecule has 2 N–H and O–H groups in total. The maximum absolute atomic E-state index is 12.0. The fourth-order valence-corrected chi connectivity index (χ4v) is 2.20. The van der Waals surface area contributed by atoms with Crippen LogP contribution in [0.5, 0.6) is 5.75 Å². The summed E-state index contributed by atoms with van der Waals surface area (Å²) in [5, 5.41) is 11.5. The number of benzene rings is 2. The highest BCUT2D eigenvalue weighted by molar-refractivity contribution is 6.32. The van der Waals surface area contributed by atoms with Gasteiger partial charge >= 0.3 is 11.9 Å². The molecule has 0 aromatic heterocycles. The first-order chi connectivity index (χ1) is 11.9. The maximum Gasteiger partial charge on any atom is 0.339 e. The van der Waals surface area contributed by atoms with Gasteiger partial charge in [-0.3, -0.25) is 4.79 Å². The van der Waals surface area contributed by atoms with Gasteiger partial charge in [0, 0.05) is 0 Å². The van der Waals surface area contributed by atoms with E-state index < -0.39 is 17.8 Å². The van der Waals surface area contributed by atoms with Crippen molar-refractivity contribution in [2.24, 2.45) is 0 Å². The number of amides is 1. The first kappa shape index (κ1) is 18.3. The Hall–Kier alpha value is -3.06. The number of hydrogen-bond donors (Lipinski definition) is 2. The van der Waals surface area contributed by atoms with Gasteiger partial charge in [0.1, 0.15) is 5.75 Å². The minimum Gasteiger partial charge on any atom is -0.482 e. The molecular weight excluding hydrogens is 350 g/mol. The summed E-state index contributed by atoms with van der Waals surface area (Å²) >= 11 is 5.92. The van der Waals surface area contributed by atoms with Crippen LogP contribution in [0.2, 0.25) is 5.02 Å². The Morgan fingerprint density at radius 2 is 1.88 bits per heavy atom. The molecule has 0 spiro atoms. The van der Waals surface area contributed by atoms with Crippen LogP contribution in [0.1, 0.15) is 20.7 Å². The zero-order valence-electron chi connectivity index (χ0n) is 13.1. The number of ether oxygens (including phenoxy) is 2. The highest BCUT2D eigenvalue weighted by Crippen LogP contribution is 2.25. The fourth-order valence-electron chi connectivity index (χ4n) is 1.96. The first-order valence-electron chi connectivity index (χ1n) is 7.05. The molecule has 0 unspecified atom stereocenters. The summed E-state index contributed by atoms with van der Waals surface area (Å²) in [5.41, 5.74) is 0.506. The van der Waals surface area contributed by atoms with E-state index in [0.29, 0.717) is 0 Å². The molecule has 0 saturated carbocycles. The van der Waals surface area contributed by atoms with Crippen molar-refractivity contribution in [3.8, 4) is 5.75 Å². The zero-order valence-corrected chi connectivity index (χ0v) is 13.9. The van der Waals surface area contributed by atoms with Crippen molar-refractivity contribution in [1.29, 1.82) is 0 Å². The second-order valence-electron chi connectivity index (χ2n) is 4.82. The van der Waals surface area contributed by atoms with Crippen molar-refractivity contribution in [2.75, 3.05) is 19.0 Å². The number of nitrogens with one attached hydrogen (secondary N) is 1. The number of carbonyl (C=O) groups is 3. The summed E-state index contributed by atoms with van der Waals surface area (Å²) in [6.07, 6.45) is 0. The van der Waals surface area contributed by atoms with E-state index in [4.69, 9.17) is 21.4 Å². The lowest BCUT2D eigenvalue weighted by atomic mass is 10.2. The van der Waals surface area contributed by atoms with E-state index >= 15 is 0 Å². The van der Waals surface area contributed by atoms with E-state index in [1.165, 1.54) is 31.4 Å². The van der Waals surface area contributed by atoms with E-state index in [1.54, 1.807) is 18.2 Å². The smallest absolute Gasteiger partial charge is 0.339 e. The molecule has 1 amide bonds. The number of rotatable bonds is 6. The number of para-hydroxylation sites is 1. The monoisotopic (exact) mass is 363 g/mol. The Kier molecular flexibility index (Phi) is 5.97. The van der Waals surface area contributed by atoms with Gasteiger partial charge in [0.2, 0.25) is 0 Å². The number of methoxy groups -OCH3 is 1. The van der Waals surface area contributed by atoms with E-state index in [-0.39, 0.29) is 34.2 Å². The van der Waals surface area contributed by atoms with Crippen molar-refractivity contribution < 1.29 is 29.0 Å².